The number of likely N-dealkylation sites (N-methyl/N-ethyl adjacent to an activating group) is 1. The highest BCUT2D eigenvalue weighted by Gasteiger charge is 2.24. The molecule has 2 rings (SSSR count). The molecular weight excluding hydrogens is 380 g/mol. The first kappa shape index (κ1) is 19.8. The van der Waals surface area contributed by atoms with E-state index in [2.05, 4.69) is 0 Å². The van der Waals surface area contributed by atoms with Crippen molar-refractivity contribution in [2.75, 3.05) is 23.7 Å². The number of halogens is 1. The number of para-hydroxylation sites is 1. The number of rotatable bonds is 7. The molecule has 1 aromatic heterocycles. The first-order valence-electron chi connectivity index (χ1n) is 7.77. The summed E-state index contributed by atoms with van der Waals surface area (Å²) in [5.41, 5.74) is 1.32. The van der Waals surface area contributed by atoms with Crippen LogP contribution in [0, 0.1) is 6.92 Å². The summed E-state index contributed by atoms with van der Waals surface area (Å²) in [5, 5.41) is 0. The highest BCUT2D eigenvalue weighted by Crippen LogP contribution is 2.24. The minimum atomic E-state index is -3.58. The average molecular weight is 401 g/mol. The zero-order valence-corrected chi connectivity index (χ0v) is 16.8. The van der Waals surface area contributed by atoms with E-state index in [0.29, 0.717) is 23.1 Å². The number of aryl methyl sites for hydroxylation is 1. The number of carbonyl (C=O) groups excluding carboxylic acids is 1. The van der Waals surface area contributed by atoms with E-state index < -0.39 is 10.0 Å². The van der Waals surface area contributed by atoms with Crippen LogP contribution in [0.2, 0.25) is 4.34 Å². The Hall–Kier alpha value is -1.57. The molecule has 0 bridgehead atoms. The van der Waals surface area contributed by atoms with Gasteiger partial charge in [0.05, 0.1) is 22.8 Å². The zero-order chi connectivity index (χ0) is 18.6. The molecule has 25 heavy (non-hydrogen) atoms. The number of nitrogens with zero attached hydrogens (tertiary/aromatic N) is 2. The fourth-order valence-electron chi connectivity index (χ4n) is 2.45. The molecule has 0 aliphatic heterocycles. The van der Waals surface area contributed by atoms with Crippen LogP contribution in [0.5, 0.6) is 0 Å². The standard InChI is InChI=1S/C17H21ClN2O3S2/c1-4-19(11-14-9-10-16(18)24-14)17(21)12-20(25(3,22)23)15-8-6-5-7-13(15)2/h5-10H,4,11-12H2,1-3H3. The van der Waals surface area contributed by atoms with Gasteiger partial charge in [-0.1, -0.05) is 29.8 Å². The summed E-state index contributed by atoms with van der Waals surface area (Å²) in [6, 6.07) is 10.8. The highest BCUT2D eigenvalue weighted by atomic mass is 35.5. The third kappa shape index (κ3) is 5.20. The summed E-state index contributed by atoms with van der Waals surface area (Å²) in [7, 11) is -3.58. The van der Waals surface area contributed by atoms with Gasteiger partial charge in [0, 0.05) is 11.4 Å². The van der Waals surface area contributed by atoms with Crippen molar-refractivity contribution in [1.82, 2.24) is 4.90 Å². The van der Waals surface area contributed by atoms with Crippen molar-refractivity contribution in [1.29, 1.82) is 0 Å². The van der Waals surface area contributed by atoms with Crippen LogP contribution >= 0.6 is 22.9 Å². The van der Waals surface area contributed by atoms with Crippen LogP contribution in [0.15, 0.2) is 36.4 Å². The molecule has 5 nitrogen and oxygen atoms in total. The number of hydrogen-bond donors (Lipinski definition) is 0. The minimum Gasteiger partial charge on any atom is -0.336 e. The average Bonchev–Trinajstić information content (AvgIpc) is 2.95. The van der Waals surface area contributed by atoms with Crippen LogP contribution in [-0.2, 0) is 21.4 Å². The van der Waals surface area contributed by atoms with E-state index in [1.54, 1.807) is 23.1 Å². The molecule has 0 unspecified atom stereocenters. The molecule has 0 N–H and O–H groups in total. The largest absolute Gasteiger partial charge is 0.336 e. The molecule has 0 aliphatic rings. The molecule has 0 atom stereocenters. The Morgan fingerprint density at radius 3 is 2.40 bits per heavy atom. The molecule has 0 saturated heterocycles. The molecular formula is C17H21ClN2O3S2. The molecule has 0 spiro atoms. The molecule has 0 fully saturated rings. The van der Waals surface area contributed by atoms with Gasteiger partial charge in [0.15, 0.2) is 0 Å². The number of thiophene rings is 1. The van der Waals surface area contributed by atoms with Crippen molar-refractivity contribution in [3.05, 3.63) is 51.2 Å². The maximum Gasteiger partial charge on any atom is 0.243 e. The second kappa shape index (κ2) is 8.21. The van der Waals surface area contributed by atoms with Gasteiger partial charge in [-0.15, -0.1) is 11.3 Å². The number of anilines is 1. The van der Waals surface area contributed by atoms with Crippen molar-refractivity contribution >= 4 is 44.6 Å². The second-order valence-corrected chi connectivity index (χ2v) is 9.38. The molecule has 136 valence electrons. The third-order valence-electron chi connectivity index (χ3n) is 3.77. The van der Waals surface area contributed by atoms with Crippen LogP contribution in [0.3, 0.4) is 0 Å². The van der Waals surface area contributed by atoms with E-state index in [1.807, 2.05) is 32.0 Å². The number of hydrogen-bond acceptors (Lipinski definition) is 4. The molecule has 0 radical (unpaired) electrons. The van der Waals surface area contributed by atoms with Gasteiger partial charge >= 0.3 is 0 Å². The Labute approximate surface area is 157 Å². The smallest absolute Gasteiger partial charge is 0.243 e. The van der Waals surface area contributed by atoms with Crippen molar-refractivity contribution in [2.45, 2.75) is 20.4 Å². The summed E-state index contributed by atoms with van der Waals surface area (Å²) in [6.45, 7) is 4.36. The first-order valence-corrected chi connectivity index (χ1v) is 10.8. The summed E-state index contributed by atoms with van der Waals surface area (Å²) in [4.78, 5) is 15.3. The van der Waals surface area contributed by atoms with Crippen molar-refractivity contribution in [3.8, 4) is 0 Å². The van der Waals surface area contributed by atoms with Crippen LogP contribution < -0.4 is 4.31 Å². The predicted molar refractivity (Wildman–Crippen MR) is 104 cm³/mol. The second-order valence-electron chi connectivity index (χ2n) is 5.67. The predicted octanol–water partition coefficient (Wildman–Crippen LogP) is 3.52. The summed E-state index contributed by atoms with van der Waals surface area (Å²) >= 11 is 7.35. The van der Waals surface area contributed by atoms with Gasteiger partial charge in [-0.05, 0) is 37.6 Å². The van der Waals surface area contributed by atoms with Crippen LogP contribution in [-0.4, -0.2) is 38.6 Å². The van der Waals surface area contributed by atoms with Gasteiger partial charge in [0.2, 0.25) is 15.9 Å². The SMILES string of the molecule is CCN(Cc1ccc(Cl)s1)C(=O)CN(c1ccccc1C)S(C)(=O)=O. The van der Waals surface area contributed by atoms with E-state index in [0.717, 1.165) is 21.0 Å². The van der Waals surface area contributed by atoms with Gasteiger partial charge in [0.25, 0.3) is 0 Å². The summed E-state index contributed by atoms with van der Waals surface area (Å²) in [6.07, 6.45) is 1.11. The number of carbonyl (C=O) groups is 1. The fourth-order valence-corrected chi connectivity index (χ4v) is 4.46. The minimum absolute atomic E-state index is 0.226. The lowest BCUT2D eigenvalue weighted by molar-refractivity contribution is -0.129. The maximum absolute atomic E-state index is 12.7. The first-order chi connectivity index (χ1) is 11.7. The normalized spacial score (nSPS) is 11.4. The van der Waals surface area contributed by atoms with Crippen LogP contribution in [0.25, 0.3) is 0 Å². The molecule has 0 saturated carbocycles. The monoisotopic (exact) mass is 400 g/mol. The van der Waals surface area contributed by atoms with Crippen LogP contribution in [0.4, 0.5) is 5.69 Å². The van der Waals surface area contributed by atoms with Crippen molar-refractivity contribution in [2.24, 2.45) is 0 Å². The van der Waals surface area contributed by atoms with Gasteiger partial charge in [-0.3, -0.25) is 9.10 Å². The van der Waals surface area contributed by atoms with E-state index in [1.165, 1.54) is 11.3 Å². The molecule has 1 amide bonds. The van der Waals surface area contributed by atoms with E-state index in [4.69, 9.17) is 11.6 Å². The van der Waals surface area contributed by atoms with Gasteiger partial charge < -0.3 is 4.90 Å². The summed E-state index contributed by atoms with van der Waals surface area (Å²) in [5.74, 6) is -0.249. The Morgan fingerprint density at radius 2 is 1.88 bits per heavy atom. The van der Waals surface area contributed by atoms with Crippen LogP contribution in [0.1, 0.15) is 17.4 Å². The lowest BCUT2D eigenvalue weighted by Gasteiger charge is -2.27. The van der Waals surface area contributed by atoms with E-state index >= 15 is 0 Å². The van der Waals surface area contributed by atoms with Gasteiger partial charge in [-0.2, -0.15) is 0 Å². The topological polar surface area (TPSA) is 57.7 Å². The molecule has 1 aromatic carbocycles. The Kier molecular flexibility index (Phi) is 6.48. The zero-order valence-electron chi connectivity index (χ0n) is 14.4. The molecule has 0 aliphatic carbocycles. The number of benzene rings is 1. The molecule has 1 heterocycles. The maximum atomic E-state index is 12.7. The summed E-state index contributed by atoms with van der Waals surface area (Å²) < 4.78 is 26.3. The van der Waals surface area contributed by atoms with Crippen molar-refractivity contribution in [3.63, 3.8) is 0 Å². The third-order valence-corrected chi connectivity index (χ3v) is 6.12. The lowest BCUT2D eigenvalue weighted by atomic mass is 10.2. The Balaban J connectivity index is 2.22. The van der Waals surface area contributed by atoms with Gasteiger partial charge in [-0.25, -0.2) is 8.42 Å². The fraction of sp³-hybridized carbons (Fsp3) is 0.353. The lowest BCUT2D eigenvalue weighted by Crippen LogP contribution is -2.42. The number of sulfonamides is 1. The van der Waals surface area contributed by atoms with Gasteiger partial charge in [0.1, 0.15) is 6.54 Å². The van der Waals surface area contributed by atoms with E-state index in [9.17, 15) is 13.2 Å². The molecule has 8 heteroatoms. The highest BCUT2D eigenvalue weighted by molar-refractivity contribution is 7.92. The quantitative estimate of drug-likeness (QED) is 0.714. The molecule has 2 aromatic rings. The Bertz CT molecular complexity index is 849. The van der Waals surface area contributed by atoms with E-state index in [-0.39, 0.29) is 12.5 Å². The Morgan fingerprint density at radius 1 is 1.20 bits per heavy atom. The number of amides is 1. The van der Waals surface area contributed by atoms with Crippen molar-refractivity contribution < 1.29 is 13.2 Å².